The quantitative estimate of drug-likeness (QED) is 0.581. The van der Waals surface area contributed by atoms with Crippen LogP contribution in [0.5, 0.6) is 0 Å². The molecule has 0 spiro atoms. The van der Waals surface area contributed by atoms with Crippen molar-refractivity contribution in [3.63, 3.8) is 0 Å². The van der Waals surface area contributed by atoms with Crippen molar-refractivity contribution in [2.24, 2.45) is 4.99 Å². The lowest BCUT2D eigenvalue weighted by Gasteiger charge is -2.12. The van der Waals surface area contributed by atoms with Crippen molar-refractivity contribution in [3.05, 3.63) is 83.0 Å². The number of ketones is 1. The first-order valence-electron chi connectivity index (χ1n) is 10.0. The summed E-state index contributed by atoms with van der Waals surface area (Å²) in [6.07, 6.45) is 2.85. The minimum atomic E-state index is 0.0977. The Kier molecular flexibility index (Phi) is 5.36. The van der Waals surface area contributed by atoms with E-state index in [0.717, 1.165) is 51.6 Å². The maximum Gasteiger partial charge on any atom is 0.167 e. The van der Waals surface area contributed by atoms with Crippen LogP contribution in [0.3, 0.4) is 0 Å². The van der Waals surface area contributed by atoms with E-state index in [1.54, 1.807) is 6.20 Å². The maximum absolute atomic E-state index is 12.7. The van der Waals surface area contributed by atoms with Crippen LogP contribution in [-0.4, -0.2) is 44.7 Å². The van der Waals surface area contributed by atoms with Crippen LogP contribution in [0.1, 0.15) is 27.0 Å². The zero-order valence-corrected chi connectivity index (χ0v) is 17.9. The number of carbonyl (C=O) groups excluding carboxylic acids is 1. The molecule has 0 radical (unpaired) electrons. The van der Waals surface area contributed by atoms with Crippen LogP contribution in [0.4, 0.5) is 17.2 Å². The minimum Gasteiger partial charge on any atom is -0.378 e. The summed E-state index contributed by atoms with van der Waals surface area (Å²) in [5.74, 6) is 0.855. The predicted molar refractivity (Wildman–Crippen MR) is 124 cm³/mol. The summed E-state index contributed by atoms with van der Waals surface area (Å²) in [6.45, 7) is 0. The minimum absolute atomic E-state index is 0.0977. The van der Waals surface area contributed by atoms with Gasteiger partial charge in [-0.25, -0.2) is 9.98 Å². The van der Waals surface area contributed by atoms with Crippen LogP contribution < -0.4 is 9.80 Å². The molecule has 2 aromatic carbocycles. The predicted octanol–water partition coefficient (Wildman–Crippen LogP) is 4.32. The van der Waals surface area contributed by atoms with Gasteiger partial charge >= 0.3 is 0 Å². The third kappa shape index (κ3) is 4.10. The van der Waals surface area contributed by atoms with Crippen molar-refractivity contribution in [2.75, 3.05) is 38.0 Å². The van der Waals surface area contributed by atoms with Crippen LogP contribution in [0.15, 0.2) is 65.8 Å². The van der Waals surface area contributed by atoms with E-state index in [4.69, 9.17) is 4.99 Å². The largest absolute Gasteiger partial charge is 0.378 e. The highest BCUT2D eigenvalue weighted by atomic mass is 16.1. The molecular formula is C25H26N4O. The monoisotopic (exact) mass is 398 g/mol. The van der Waals surface area contributed by atoms with Crippen LogP contribution in [0, 0.1) is 0 Å². The van der Waals surface area contributed by atoms with E-state index in [2.05, 4.69) is 40.2 Å². The second kappa shape index (κ2) is 8.11. The molecule has 0 aliphatic carbocycles. The number of Topliss-reactive ketones (excluding diaryl/α,β-unsaturated/α-hetero) is 1. The molecule has 0 saturated heterocycles. The van der Waals surface area contributed by atoms with E-state index in [-0.39, 0.29) is 5.78 Å². The molecule has 4 rings (SSSR count). The molecule has 3 aromatic rings. The summed E-state index contributed by atoms with van der Waals surface area (Å²) in [7, 11) is 8.03. The van der Waals surface area contributed by atoms with Gasteiger partial charge in [0.25, 0.3) is 0 Å². The number of hydrogen-bond acceptors (Lipinski definition) is 5. The summed E-state index contributed by atoms with van der Waals surface area (Å²) >= 11 is 0. The molecule has 1 aliphatic rings. The van der Waals surface area contributed by atoms with Crippen molar-refractivity contribution in [1.82, 2.24) is 4.98 Å². The number of benzene rings is 2. The lowest BCUT2D eigenvalue weighted by atomic mass is 10.0. The van der Waals surface area contributed by atoms with Gasteiger partial charge in [-0.1, -0.05) is 12.1 Å². The molecule has 152 valence electrons. The highest BCUT2D eigenvalue weighted by Gasteiger charge is 2.19. The Labute approximate surface area is 177 Å². The summed E-state index contributed by atoms with van der Waals surface area (Å²) in [5, 5.41) is 0. The van der Waals surface area contributed by atoms with E-state index < -0.39 is 0 Å². The zero-order chi connectivity index (χ0) is 21.3. The Hall–Kier alpha value is -3.47. The molecule has 0 unspecified atom stereocenters. The molecule has 30 heavy (non-hydrogen) atoms. The summed E-state index contributed by atoms with van der Waals surface area (Å²) in [6, 6.07) is 18.2. The third-order valence-corrected chi connectivity index (χ3v) is 5.39. The van der Waals surface area contributed by atoms with Crippen molar-refractivity contribution < 1.29 is 4.79 Å². The van der Waals surface area contributed by atoms with Crippen LogP contribution in [-0.2, 0) is 12.8 Å². The van der Waals surface area contributed by atoms with Gasteiger partial charge in [-0.15, -0.1) is 0 Å². The van der Waals surface area contributed by atoms with Gasteiger partial charge in [-0.2, -0.15) is 0 Å². The van der Waals surface area contributed by atoms with Gasteiger partial charge in [-0.3, -0.25) is 4.79 Å². The number of carbonyl (C=O) groups is 1. The number of nitrogens with zero attached hydrogens (tertiary/aromatic N) is 4. The van der Waals surface area contributed by atoms with E-state index in [1.165, 1.54) is 0 Å². The lowest BCUT2D eigenvalue weighted by molar-refractivity contribution is 0.0993. The average molecular weight is 399 g/mol. The number of fused-ring (bicyclic) bond motifs is 1. The van der Waals surface area contributed by atoms with Gasteiger partial charge < -0.3 is 9.80 Å². The first-order valence-corrected chi connectivity index (χ1v) is 10.0. The van der Waals surface area contributed by atoms with Gasteiger partial charge in [0.15, 0.2) is 11.6 Å². The third-order valence-electron chi connectivity index (χ3n) is 5.39. The number of hydrogen-bond donors (Lipinski definition) is 0. The molecule has 0 N–H and O–H groups in total. The molecule has 0 bridgehead atoms. The highest BCUT2D eigenvalue weighted by molar-refractivity contribution is 6.06. The Balaban J connectivity index is 1.46. The molecular weight excluding hydrogens is 372 g/mol. The Morgan fingerprint density at radius 1 is 0.900 bits per heavy atom. The fourth-order valence-corrected chi connectivity index (χ4v) is 3.58. The van der Waals surface area contributed by atoms with E-state index >= 15 is 0 Å². The molecule has 0 atom stereocenters. The number of aromatic nitrogens is 1. The van der Waals surface area contributed by atoms with Crippen molar-refractivity contribution in [3.8, 4) is 0 Å². The van der Waals surface area contributed by atoms with Crippen molar-refractivity contribution in [2.45, 2.75) is 12.8 Å². The molecule has 1 aliphatic heterocycles. The second-order valence-electron chi connectivity index (χ2n) is 8.04. The topological polar surface area (TPSA) is 48.8 Å². The molecule has 0 amide bonds. The summed E-state index contributed by atoms with van der Waals surface area (Å²) < 4.78 is 0. The van der Waals surface area contributed by atoms with Crippen molar-refractivity contribution >= 4 is 28.7 Å². The van der Waals surface area contributed by atoms with Crippen LogP contribution >= 0.6 is 0 Å². The Morgan fingerprint density at radius 3 is 2.10 bits per heavy atom. The maximum atomic E-state index is 12.7. The van der Waals surface area contributed by atoms with Gasteiger partial charge in [0.05, 0.1) is 5.71 Å². The van der Waals surface area contributed by atoms with Crippen LogP contribution in [0.25, 0.3) is 0 Å². The smallest absolute Gasteiger partial charge is 0.167 e. The van der Waals surface area contributed by atoms with Crippen LogP contribution in [0.2, 0.25) is 0 Å². The summed E-state index contributed by atoms with van der Waals surface area (Å²) in [4.78, 5) is 26.0. The number of rotatable bonds is 6. The lowest BCUT2D eigenvalue weighted by Crippen LogP contribution is -2.09. The van der Waals surface area contributed by atoms with E-state index in [9.17, 15) is 4.79 Å². The molecule has 2 heterocycles. The van der Waals surface area contributed by atoms with E-state index in [1.807, 2.05) is 57.4 Å². The Bertz CT molecular complexity index is 1100. The molecule has 1 aromatic heterocycles. The number of aliphatic imine (C=N–C) groups is 1. The van der Waals surface area contributed by atoms with Gasteiger partial charge in [0.1, 0.15) is 0 Å². The van der Waals surface area contributed by atoms with Crippen molar-refractivity contribution in [1.29, 1.82) is 0 Å². The van der Waals surface area contributed by atoms with Gasteiger partial charge in [-0.05, 0) is 53.6 Å². The summed E-state index contributed by atoms with van der Waals surface area (Å²) in [5.41, 5.74) is 7.09. The van der Waals surface area contributed by atoms with Gasteiger partial charge in [0.2, 0.25) is 0 Å². The normalized spacial score (nSPS) is 12.3. The van der Waals surface area contributed by atoms with E-state index in [0.29, 0.717) is 6.42 Å². The zero-order valence-electron chi connectivity index (χ0n) is 17.9. The molecule has 0 saturated carbocycles. The number of anilines is 2. The van der Waals surface area contributed by atoms with Gasteiger partial charge in [0, 0.05) is 69.7 Å². The second-order valence-corrected chi connectivity index (χ2v) is 8.04. The fourth-order valence-electron chi connectivity index (χ4n) is 3.58. The Morgan fingerprint density at radius 2 is 1.50 bits per heavy atom. The molecule has 5 heteroatoms. The molecule has 0 fully saturated rings. The first-order chi connectivity index (χ1) is 14.4. The first kappa shape index (κ1) is 19.8. The highest BCUT2D eigenvalue weighted by Crippen LogP contribution is 2.28. The molecule has 5 nitrogen and oxygen atoms in total. The standard InChI is InChI=1S/C25H26N4O/c1-28(2)21-9-5-18(6-10-21)23-15-20-13-17(16-26-25(20)27-23)14-24(30)19-7-11-22(12-8-19)29(3)4/h5-13,16H,14-15H2,1-4H3. The average Bonchev–Trinajstić information content (AvgIpc) is 3.17. The SMILES string of the molecule is CN(C)c1ccc(C(=O)Cc2cnc3c(c2)CC(c2ccc(N(C)C)cc2)=N3)cc1. The number of pyridine rings is 1. The fraction of sp³-hybridized carbons (Fsp3) is 0.240.